The fourth-order valence-electron chi connectivity index (χ4n) is 2.71. The molecule has 0 radical (unpaired) electrons. The molecule has 3 aromatic carbocycles. The smallest absolute Gasteiger partial charge is 0.131 e. The standard InChI is InChI=1S/C19H12FN/c20-17-9-3-2-7-15(17)14-8-5-11-19-16(14)12-13-6-1-4-10-18(13)21-19/h1-12H. The van der Waals surface area contributed by atoms with Crippen LogP contribution in [-0.4, -0.2) is 4.98 Å². The zero-order valence-electron chi connectivity index (χ0n) is 11.3. The van der Waals surface area contributed by atoms with Crippen LogP contribution in [-0.2, 0) is 0 Å². The first-order valence-electron chi connectivity index (χ1n) is 6.86. The first-order valence-corrected chi connectivity index (χ1v) is 6.86. The normalized spacial score (nSPS) is 11.1. The first kappa shape index (κ1) is 12.0. The van der Waals surface area contributed by atoms with Gasteiger partial charge in [-0.2, -0.15) is 0 Å². The average molecular weight is 273 g/mol. The van der Waals surface area contributed by atoms with Crippen molar-refractivity contribution in [3.8, 4) is 11.1 Å². The summed E-state index contributed by atoms with van der Waals surface area (Å²) >= 11 is 0. The molecule has 1 nitrogen and oxygen atoms in total. The molecule has 1 heterocycles. The summed E-state index contributed by atoms with van der Waals surface area (Å²) in [6.45, 7) is 0. The van der Waals surface area contributed by atoms with E-state index in [2.05, 4.69) is 11.1 Å². The van der Waals surface area contributed by atoms with Crippen LogP contribution >= 0.6 is 0 Å². The van der Waals surface area contributed by atoms with E-state index in [-0.39, 0.29) is 5.82 Å². The Kier molecular flexibility index (Phi) is 2.68. The van der Waals surface area contributed by atoms with Crippen LogP contribution in [0, 0.1) is 5.82 Å². The highest BCUT2D eigenvalue weighted by Gasteiger charge is 2.09. The van der Waals surface area contributed by atoms with E-state index in [0.717, 1.165) is 27.4 Å². The van der Waals surface area contributed by atoms with E-state index in [0.29, 0.717) is 5.56 Å². The van der Waals surface area contributed by atoms with Crippen molar-refractivity contribution in [2.75, 3.05) is 0 Å². The van der Waals surface area contributed by atoms with Crippen molar-refractivity contribution in [1.29, 1.82) is 0 Å². The van der Waals surface area contributed by atoms with Crippen molar-refractivity contribution in [3.63, 3.8) is 0 Å². The predicted molar refractivity (Wildman–Crippen MR) is 84.6 cm³/mol. The molecule has 0 fully saturated rings. The third-order valence-electron chi connectivity index (χ3n) is 3.72. The largest absolute Gasteiger partial charge is 0.248 e. The number of para-hydroxylation sites is 1. The van der Waals surface area contributed by atoms with Gasteiger partial charge >= 0.3 is 0 Å². The highest BCUT2D eigenvalue weighted by atomic mass is 19.1. The summed E-state index contributed by atoms with van der Waals surface area (Å²) in [6, 6.07) is 22.7. The van der Waals surface area contributed by atoms with Crippen LogP contribution < -0.4 is 0 Å². The maximum atomic E-state index is 14.1. The molecular formula is C19H12FN. The topological polar surface area (TPSA) is 12.9 Å². The Morgan fingerprint density at radius 2 is 1.38 bits per heavy atom. The molecule has 2 heteroatoms. The molecule has 21 heavy (non-hydrogen) atoms. The Hall–Kier alpha value is -2.74. The fraction of sp³-hybridized carbons (Fsp3) is 0. The van der Waals surface area contributed by atoms with Gasteiger partial charge in [0.05, 0.1) is 11.0 Å². The molecule has 0 spiro atoms. The number of rotatable bonds is 1. The molecule has 100 valence electrons. The summed E-state index contributed by atoms with van der Waals surface area (Å²) in [5.41, 5.74) is 3.33. The minimum atomic E-state index is -0.210. The third kappa shape index (κ3) is 1.96. The van der Waals surface area contributed by atoms with E-state index in [1.54, 1.807) is 12.1 Å². The number of pyridine rings is 1. The van der Waals surface area contributed by atoms with Crippen LogP contribution in [0.4, 0.5) is 4.39 Å². The van der Waals surface area contributed by atoms with Crippen LogP contribution in [0.2, 0.25) is 0 Å². The van der Waals surface area contributed by atoms with Gasteiger partial charge < -0.3 is 0 Å². The van der Waals surface area contributed by atoms with Gasteiger partial charge in [0, 0.05) is 16.3 Å². The average Bonchev–Trinajstić information content (AvgIpc) is 2.53. The lowest BCUT2D eigenvalue weighted by Crippen LogP contribution is -1.88. The Morgan fingerprint density at radius 3 is 2.29 bits per heavy atom. The Balaban J connectivity index is 2.10. The molecule has 0 aliphatic heterocycles. The number of aromatic nitrogens is 1. The molecule has 1 aromatic heterocycles. The first-order chi connectivity index (χ1) is 10.3. The van der Waals surface area contributed by atoms with Crippen LogP contribution in [0.1, 0.15) is 0 Å². The second-order valence-electron chi connectivity index (χ2n) is 5.03. The second-order valence-corrected chi connectivity index (χ2v) is 5.03. The Labute approximate surface area is 121 Å². The van der Waals surface area contributed by atoms with E-state index in [1.165, 1.54) is 6.07 Å². The van der Waals surface area contributed by atoms with E-state index in [9.17, 15) is 4.39 Å². The van der Waals surface area contributed by atoms with E-state index in [4.69, 9.17) is 0 Å². The van der Waals surface area contributed by atoms with E-state index < -0.39 is 0 Å². The van der Waals surface area contributed by atoms with Crippen LogP contribution in [0.15, 0.2) is 72.8 Å². The molecule has 0 aliphatic rings. The van der Waals surface area contributed by atoms with Crippen LogP contribution in [0.3, 0.4) is 0 Å². The van der Waals surface area contributed by atoms with Gasteiger partial charge in [-0.25, -0.2) is 9.37 Å². The zero-order valence-corrected chi connectivity index (χ0v) is 11.3. The van der Waals surface area contributed by atoms with Crippen molar-refractivity contribution < 1.29 is 4.39 Å². The van der Waals surface area contributed by atoms with Gasteiger partial charge in [0.2, 0.25) is 0 Å². The molecule has 0 aliphatic carbocycles. The summed E-state index contributed by atoms with van der Waals surface area (Å²) < 4.78 is 14.1. The van der Waals surface area contributed by atoms with Crippen molar-refractivity contribution in [1.82, 2.24) is 4.98 Å². The molecule has 0 amide bonds. The lowest BCUT2D eigenvalue weighted by atomic mass is 9.99. The van der Waals surface area contributed by atoms with Gasteiger partial charge in [-0.1, -0.05) is 48.5 Å². The molecule has 0 N–H and O–H groups in total. The molecule has 0 unspecified atom stereocenters. The molecular weight excluding hydrogens is 261 g/mol. The Morgan fingerprint density at radius 1 is 0.667 bits per heavy atom. The maximum absolute atomic E-state index is 14.1. The summed E-state index contributed by atoms with van der Waals surface area (Å²) in [7, 11) is 0. The molecule has 4 rings (SSSR count). The van der Waals surface area contributed by atoms with Crippen LogP contribution in [0.25, 0.3) is 32.9 Å². The monoisotopic (exact) mass is 273 g/mol. The molecule has 0 saturated carbocycles. The summed E-state index contributed by atoms with van der Waals surface area (Å²) in [5.74, 6) is -0.210. The molecule has 4 aromatic rings. The summed E-state index contributed by atoms with van der Waals surface area (Å²) in [5, 5.41) is 2.04. The van der Waals surface area contributed by atoms with Gasteiger partial charge in [0.15, 0.2) is 0 Å². The van der Waals surface area contributed by atoms with Crippen molar-refractivity contribution in [3.05, 3.63) is 78.6 Å². The van der Waals surface area contributed by atoms with Gasteiger partial charge in [0.25, 0.3) is 0 Å². The highest BCUT2D eigenvalue weighted by Crippen LogP contribution is 2.31. The number of hydrogen-bond acceptors (Lipinski definition) is 1. The summed E-state index contributed by atoms with van der Waals surface area (Å²) in [4.78, 5) is 4.67. The van der Waals surface area contributed by atoms with Gasteiger partial charge in [0.1, 0.15) is 5.82 Å². The predicted octanol–water partition coefficient (Wildman–Crippen LogP) is 5.19. The second kappa shape index (κ2) is 4.67. The number of halogens is 1. The third-order valence-corrected chi connectivity index (χ3v) is 3.72. The number of hydrogen-bond donors (Lipinski definition) is 0. The van der Waals surface area contributed by atoms with Gasteiger partial charge in [-0.3, -0.25) is 0 Å². The SMILES string of the molecule is Fc1ccccc1-c1cccc2nc3ccccc3cc12. The lowest BCUT2D eigenvalue weighted by molar-refractivity contribution is 0.631. The van der Waals surface area contributed by atoms with Gasteiger partial charge in [-0.05, 0) is 29.8 Å². The molecule has 0 bridgehead atoms. The Bertz CT molecular complexity index is 960. The van der Waals surface area contributed by atoms with Crippen LogP contribution in [0.5, 0.6) is 0 Å². The van der Waals surface area contributed by atoms with E-state index in [1.807, 2.05) is 48.5 Å². The van der Waals surface area contributed by atoms with Gasteiger partial charge in [-0.15, -0.1) is 0 Å². The zero-order chi connectivity index (χ0) is 14.2. The minimum absolute atomic E-state index is 0.210. The van der Waals surface area contributed by atoms with E-state index >= 15 is 0 Å². The number of benzene rings is 3. The van der Waals surface area contributed by atoms with Crippen molar-refractivity contribution in [2.45, 2.75) is 0 Å². The number of nitrogens with zero attached hydrogens (tertiary/aromatic N) is 1. The molecule has 0 saturated heterocycles. The molecule has 0 atom stereocenters. The number of fused-ring (bicyclic) bond motifs is 2. The van der Waals surface area contributed by atoms with Crippen molar-refractivity contribution >= 4 is 21.8 Å². The maximum Gasteiger partial charge on any atom is 0.131 e. The minimum Gasteiger partial charge on any atom is -0.248 e. The summed E-state index contributed by atoms with van der Waals surface area (Å²) in [6.07, 6.45) is 0. The van der Waals surface area contributed by atoms with Crippen molar-refractivity contribution in [2.24, 2.45) is 0 Å². The quantitative estimate of drug-likeness (QED) is 0.435. The highest BCUT2D eigenvalue weighted by molar-refractivity contribution is 6.01. The fourth-order valence-corrected chi connectivity index (χ4v) is 2.71. The lowest BCUT2D eigenvalue weighted by Gasteiger charge is -2.08.